The van der Waals surface area contributed by atoms with Gasteiger partial charge in [-0.3, -0.25) is 9.78 Å². The van der Waals surface area contributed by atoms with Crippen LogP contribution in [0.25, 0.3) is 11.3 Å². The van der Waals surface area contributed by atoms with Gasteiger partial charge < -0.3 is 4.90 Å². The van der Waals surface area contributed by atoms with E-state index in [2.05, 4.69) is 15.0 Å². The molecule has 0 unspecified atom stereocenters. The highest BCUT2D eigenvalue weighted by molar-refractivity contribution is 5.80. The Balaban J connectivity index is 1.56. The van der Waals surface area contributed by atoms with Gasteiger partial charge >= 0.3 is 0 Å². The highest BCUT2D eigenvalue weighted by Gasteiger charge is 2.37. The number of pyridine rings is 1. The molecule has 4 rings (SSSR count). The quantitative estimate of drug-likeness (QED) is 0.849. The van der Waals surface area contributed by atoms with Crippen LogP contribution in [0.5, 0.6) is 0 Å². The molecule has 0 N–H and O–H groups in total. The van der Waals surface area contributed by atoms with Crippen LogP contribution in [0.4, 0.5) is 4.39 Å². The Hall–Kier alpha value is -2.37. The molecule has 5 nitrogen and oxygen atoms in total. The van der Waals surface area contributed by atoms with E-state index in [9.17, 15) is 9.18 Å². The van der Waals surface area contributed by atoms with E-state index in [1.54, 1.807) is 18.7 Å². The van der Waals surface area contributed by atoms with E-state index in [4.69, 9.17) is 0 Å². The number of nitrogens with zero attached hydrogens (tertiary/aromatic N) is 4. The Bertz CT molecular complexity index is 746. The molecule has 0 radical (unpaired) electrons. The summed E-state index contributed by atoms with van der Waals surface area (Å²) in [5.74, 6) is -0.0438. The number of hydrogen-bond donors (Lipinski definition) is 0. The first-order valence-corrected chi connectivity index (χ1v) is 8.38. The number of amides is 1. The van der Waals surface area contributed by atoms with E-state index in [1.165, 1.54) is 0 Å². The van der Waals surface area contributed by atoms with Crippen LogP contribution in [0.15, 0.2) is 30.9 Å². The van der Waals surface area contributed by atoms with Crippen molar-refractivity contribution in [3.63, 3.8) is 0 Å². The normalized spacial score (nSPS) is 23.1. The Morgan fingerprint density at radius 1 is 1.21 bits per heavy atom. The largest absolute Gasteiger partial charge is 0.342 e. The molecule has 1 aliphatic carbocycles. The molecule has 2 aliphatic rings. The molecule has 1 aliphatic heterocycles. The molecule has 3 heterocycles. The van der Waals surface area contributed by atoms with Gasteiger partial charge in [-0.2, -0.15) is 0 Å². The maximum atomic E-state index is 13.0. The molecule has 0 saturated heterocycles. The summed E-state index contributed by atoms with van der Waals surface area (Å²) < 4.78 is 13.0. The van der Waals surface area contributed by atoms with Gasteiger partial charge in [0.15, 0.2) is 0 Å². The first-order valence-electron chi connectivity index (χ1n) is 8.38. The van der Waals surface area contributed by atoms with Crippen LogP contribution in [0, 0.1) is 5.92 Å². The molecule has 124 valence electrons. The van der Waals surface area contributed by atoms with Gasteiger partial charge in [-0.15, -0.1) is 0 Å². The molecule has 24 heavy (non-hydrogen) atoms. The van der Waals surface area contributed by atoms with Gasteiger partial charge in [0.2, 0.25) is 5.91 Å². The first kappa shape index (κ1) is 15.2. The van der Waals surface area contributed by atoms with Gasteiger partial charge in [0.1, 0.15) is 12.5 Å². The first-order chi connectivity index (χ1) is 11.7. The third-order valence-corrected chi connectivity index (χ3v) is 4.96. The zero-order valence-electron chi connectivity index (χ0n) is 13.4. The second-order valence-corrected chi connectivity index (χ2v) is 6.48. The summed E-state index contributed by atoms with van der Waals surface area (Å²) >= 11 is 0. The average molecular weight is 326 g/mol. The monoisotopic (exact) mass is 326 g/mol. The van der Waals surface area contributed by atoms with Crippen molar-refractivity contribution in [3.8, 4) is 11.3 Å². The van der Waals surface area contributed by atoms with Gasteiger partial charge in [-0.05, 0) is 31.4 Å². The molecule has 0 bridgehead atoms. The number of carbonyl (C=O) groups excluding carboxylic acids is 1. The van der Waals surface area contributed by atoms with Crippen molar-refractivity contribution in [2.75, 3.05) is 13.1 Å². The van der Waals surface area contributed by atoms with E-state index in [0.29, 0.717) is 32.4 Å². The minimum absolute atomic E-state index is 0.0904. The number of aromatic nitrogens is 3. The standard InChI is InChI=1S/C18H19FN4O/c19-14-8-13(9-14)18(24)23-6-3-15-16(4-7-23)21-11-22-17(15)12-2-1-5-20-10-12/h1-2,5,10-11,13-14H,3-4,6-9H2. The SMILES string of the molecule is O=C(C1CC(F)C1)N1CCc2ncnc(-c3cccnc3)c2CC1. The highest BCUT2D eigenvalue weighted by atomic mass is 19.1. The molecule has 1 saturated carbocycles. The third kappa shape index (κ3) is 2.77. The van der Waals surface area contributed by atoms with E-state index in [-0.39, 0.29) is 11.8 Å². The van der Waals surface area contributed by atoms with E-state index < -0.39 is 6.17 Å². The fourth-order valence-electron chi connectivity index (χ4n) is 3.51. The molecule has 0 atom stereocenters. The lowest BCUT2D eigenvalue weighted by Crippen LogP contribution is -2.43. The Morgan fingerprint density at radius 2 is 2.04 bits per heavy atom. The van der Waals surface area contributed by atoms with Crippen LogP contribution in [0.3, 0.4) is 0 Å². The van der Waals surface area contributed by atoms with Crippen molar-refractivity contribution in [1.82, 2.24) is 19.9 Å². The van der Waals surface area contributed by atoms with Crippen LogP contribution in [0.2, 0.25) is 0 Å². The van der Waals surface area contributed by atoms with Crippen LogP contribution in [-0.2, 0) is 17.6 Å². The lowest BCUT2D eigenvalue weighted by Gasteiger charge is -2.33. The molecular weight excluding hydrogens is 307 g/mol. The number of halogens is 1. The Kier molecular flexibility index (Phi) is 3.96. The molecule has 1 amide bonds. The lowest BCUT2D eigenvalue weighted by molar-refractivity contribution is -0.140. The number of rotatable bonds is 2. The molecular formula is C18H19FN4O. The van der Waals surface area contributed by atoms with Crippen molar-refractivity contribution in [3.05, 3.63) is 42.1 Å². The predicted octanol–water partition coefficient (Wildman–Crippen LogP) is 2.21. The minimum atomic E-state index is -0.800. The predicted molar refractivity (Wildman–Crippen MR) is 86.9 cm³/mol. The van der Waals surface area contributed by atoms with Crippen LogP contribution in [0.1, 0.15) is 24.1 Å². The number of carbonyl (C=O) groups is 1. The summed E-state index contributed by atoms with van der Waals surface area (Å²) in [7, 11) is 0. The summed E-state index contributed by atoms with van der Waals surface area (Å²) in [6.45, 7) is 1.28. The minimum Gasteiger partial charge on any atom is -0.342 e. The zero-order valence-corrected chi connectivity index (χ0v) is 13.4. The fraction of sp³-hybridized carbons (Fsp3) is 0.444. The summed E-state index contributed by atoms with van der Waals surface area (Å²) in [4.78, 5) is 27.4. The van der Waals surface area contributed by atoms with Crippen LogP contribution >= 0.6 is 0 Å². The molecule has 2 aromatic rings. The van der Waals surface area contributed by atoms with Crippen molar-refractivity contribution in [1.29, 1.82) is 0 Å². The van der Waals surface area contributed by atoms with Crippen LogP contribution in [-0.4, -0.2) is 45.0 Å². The van der Waals surface area contributed by atoms with Crippen molar-refractivity contribution in [2.45, 2.75) is 31.9 Å². The molecule has 0 spiro atoms. The smallest absolute Gasteiger partial charge is 0.225 e. The van der Waals surface area contributed by atoms with E-state index in [1.807, 2.05) is 17.0 Å². The second kappa shape index (κ2) is 6.26. The van der Waals surface area contributed by atoms with E-state index >= 15 is 0 Å². The third-order valence-electron chi connectivity index (χ3n) is 4.96. The summed E-state index contributed by atoms with van der Waals surface area (Å²) in [5, 5.41) is 0. The van der Waals surface area contributed by atoms with Gasteiger partial charge in [0.05, 0.1) is 5.69 Å². The number of hydrogen-bond acceptors (Lipinski definition) is 4. The zero-order chi connectivity index (χ0) is 16.5. The number of fused-ring (bicyclic) bond motifs is 1. The van der Waals surface area contributed by atoms with Gasteiger partial charge in [-0.25, -0.2) is 14.4 Å². The maximum Gasteiger partial charge on any atom is 0.225 e. The van der Waals surface area contributed by atoms with Gasteiger partial charge in [0, 0.05) is 54.6 Å². The molecule has 6 heteroatoms. The molecule has 0 aromatic carbocycles. The van der Waals surface area contributed by atoms with Gasteiger partial charge in [0.25, 0.3) is 0 Å². The maximum absolute atomic E-state index is 13.0. The highest BCUT2D eigenvalue weighted by Crippen LogP contribution is 2.32. The average Bonchev–Trinajstić information content (AvgIpc) is 2.82. The molecule has 1 fully saturated rings. The van der Waals surface area contributed by atoms with Gasteiger partial charge in [-0.1, -0.05) is 0 Å². The number of alkyl halides is 1. The summed E-state index contributed by atoms with van der Waals surface area (Å²) in [6, 6.07) is 3.87. The van der Waals surface area contributed by atoms with E-state index in [0.717, 1.165) is 28.9 Å². The van der Waals surface area contributed by atoms with Crippen molar-refractivity contribution >= 4 is 5.91 Å². The Morgan fingerprint density at radius 3 is 2.79 bits per heavy atom. The summed E-state index contributed by atoms with van der Waals surface area (Å²) in [5.41, 5.74) is 3.96. The fourth-order valence-corrected chi connectivity index (χ4v) is 3.51. The van der Waals surface area contributed by atoms with Crippen molar-refractivity contribution in [2.24, 2.45) is 5.92 Å². The van der Waals surface area contributed by atoms with Crippen LogP contribution < -0.4 is 0 Å². The lowest BCUT2D eigenvalue weighted by atomic mass is 9.82. The molecule has 2 aromatic heterocycles. The summed E-state index contributed by atoms with van der Waals surface area (Å²) in [6.07, 6.45) is 6.50. The topological polar surface area (TPSA) is 59.0 Å². The van der Waals surface area contributed by atoms with Crippen molar-refractivity contribution < 1.29 is 9.18 Å². The Labute approximate surface area is 140 Å². The second-order valence-electron chi connectivity index (χ2n) is 6.48.